The fourth-order valence-corrected chi connectivity index (χ4v) is 2.01. The molecule has 0 bridgehead atoms. The van der Waals surface area contributed by atoms with E-state index in [9.17, 15) is 4.79 Å². The van der Waals surface area contributed by atoms with Crippen molar-refractivity contribution in [3.63, 3.8) is 0 Å². The van der Waals surface area contributed by atoms with E-state index in [1.54, 1.807) is 0 Å². The van der Waals surface area contributed by atoms with E-state index in [-0.39, 0.29) is 13.0 Å². The molecule has 2 aromatic rings. The van der Waals surface area contributed by atoms with Crippen molar-refractivity contribution in [1.82, 2.24) is 0 Å². The normalized spacial score (nSPS) is 9.82. The molecular weight excluding hydrogens is 276 g/mol. The topological polar surface area (TPSA) is 53.3 Å². The number of carbonyl (C=O) groups is 1. The van der Waals surface area contributed by atoms with Crippen LogP contribution in [0, 0.1) is 18.3 Å². The van der Waals surface area contributed by atoms with Gasteiger partial charge in [-0.25, -0.2) is 4.79 Å². The lowest BCUT2D eigenvalue weighted by Gasteiger charge is -2.21. The molecule has 112 valence electrons. The fourth-order valence-electron chi connectivity index (χ4n) is 2.01. The second-order valence-electron chi connectivity index (χ2n) is 4.94. The average molecular weight is 294 g/mol. The van der Waals surface area contributed by atoms with Crippen molar-refractivity contribution in [2.75, 3.05) is 11.4 Å². The van der Waals surface area contributed by atoms with E-state index in [0.717, 1.165) is 16.8 Å². The average Bonchev–Trinajstić information content (AvgIpc) is 2.56. The summed E-state index contributed by atoms with van der Waals surface area (Å²) in [5, 5.41) is 8.77. The van der Waals surface area contributed by atoms with Gasteiger partial charge in [-0.3, -0.25) is 4.90 Å². The Morgan fingerprint density at radius 1 is 1.14 bits per heavy atom. The Hall–Kier alpha value is -2.80. The summed E-state index contributed by atoms with van der Waals surface area (Å²) in [6.07, 6.45) is -0.183. The quantitative estimate of drug-likeness (QED) is 0.835. The number of nitriles is 1. The minimum absolute atomic E-state index is 0.217. The van der Waals surface area contributed by atoms with E-state index >= 15 is 0 Å². The van der Waals surface area contributed by atoms with E-state index in [1.807, 2.05) is 61.5 Å². The summed E-state index contributed by atoms with van der Waals surface area (Å²) >= 11 is 0. The third kappa shape index (κ3) is 4.35. The van der Waals surface area contributed by atoms with Crippen molar-refractivity contribution >= 4 is 11.8 Å². The first-order valence-corrected chi connectivity index (χ1v) is 7.12. The zero-order valence-electron chi connectivity index (χ0n) is 12.5. The Bertz CT molecular complexity index is 645. The van der Waals surface area contributed by atoms with E-state index in [4.69, 9.17) is 10.00 Å². The zero-order valence-corrected chi connectivity index (χ0v) is 12.5. The number of nitrogens with zero attached hydrogens (tertiary/aromatic N) is 2. The highest BCUT2D eigenvalue weighted by atomic mass is 16.6. The van der Waals surface area contributed by atoms with E-state index < -0.39 is 6.09 Å². The smallest absolute Gasteiger partial charge is 0.414 e. The van der Waals surface area contributed by atoms with Crippen molar-refractivity contribution < 1.29 is 9.53 Å². The van der Waals surface area contributed by atoms with Crippen LogP contribution >= 0.6 is 0 Å². The standard InChI is InChI=1S/C18H18N2O2/c1-15-8-10-17(11-9-15)20(13-5-12-19)18(21)22-14-16-6-3-2-4-7-16/h2-4,6-11H,5,13-14H2,1H3. The Labute approximate surface area is 130 Å². The molecule has 0 heterocycles. The van der Waals surface area contributed by atoms with Gasteiger partial charge in [-0.15, -0.1) is 0 Å². The number of anilines is 1. The maximum atomic E-state index is 12.3. The minimum atomic E-state index is -0.442. The van der Waals surface area contributed by atoms with Gasteiger partial charge in [0.2, 0.25) is 0 Å². The molecule has 2 aromatic carbocycles. The van der Waals surface area contributed by atoms with Crippen molar-refractivity contribution in [1.29, 1.82) is 5.26 Å². The van der Waals surface area contributed by atoms with E-state index in [2.05, 4.69) is 6.07 Å². The highest BCUT2D eigenvalue weighted by Gasteiger charge is 2.16. The van der Waals surface area contributed by atoms with Gasteiger partial charge in [0.05, 0.1) is 12.5 Å². The fraction of sp³-hybridized carbons (Fsp3) is 0.222. The number of ether oxygens (including phenoxy) is 1. The van der Waals surface area contributed by atoms with Crippen molar-refractivity contribution in [3.8, 4) is 6.07 Å². The lowest BCUT2D eigenvalue weighted by Crippen LogP contribution is -2.32. The molecule has 22 heavy (non-hydrogen) atoms. The monoisotopic (exact) mass is 294 g/mol. The second-order valence-corrected chi connectivity index (χ2v) is 4.94. The summed E-state index contributed by atoms with van der Waals surface area (Å²) in [5.41, 5.74) is 2.78. The molecule has 0 fully saturated rings. The molecule has 0 N–H and O–H groups in total. The molecule has 0 radical (unpaired) electrons. The van der Waals surface area contributed by atoms with Gasteiger partial charge in [-0.05, 0) is 24.6 Å². The van der Waals surface area contributed by atoms with Gasteiger partial charge in [0, 0.05) is 12.2 Å². The number of benzene rings is 2. The third-order valence-electron chi connectivity index (χ3n) is 3.22. The number of hydrogen-bond donors (Lipinski definition) is 0. The maximum Gasteiger partial charge on any atom is 0.414 e. The predicted molar refractivity (Wildman–Crippen MR) is 85.4 cm³/mol. The molecule has 0 aliphatic rings. The highest BCUT2D eigenvalue weighted by Crippen LogP contribution is 2.17. The molecule has 0 spiro atoms. The number of carbonyl (C=O) groups excluding carboxylic acids is 1. The Morgan fingerprint density at radius 2 is 1.82 bits per heavy atom. The molecule has 2 rings (SSSR count). The van der Waals surface area contributed by atoms with Gasteiger partial charge in [-0.2, -0.15) is 5.26 Å². The van der Waals surface area contributed by atoms with Crippen molar-refractivity contribution in [2.45, 2.75) is 20.0 Å². The summed E-state index contributed by atoms with van der Waals surface area (Å²) in [6, 6.07) is 19.1. The number of hydrogen-bond acceptors (Lipinski definition) is 3. The Kier molecular flexibility index (Phi) is 5.56. The first-order valence-electron chi connectivity index (χ1n) is 7.12. The lowest BCUT2D eigenvalue weighted by molar-refractivity contribution is 0.147. The molecule has 0 atom stereocenters. The van der Waals surface area contributed by atoms with Crippen LogP contribution < -0.4 is 4.90 Å². The second kappa shape index (κ2) is 7.84. The SMILES string of the molecule is Cc1ccc(N(CCC#N)C(=O)OCc2ccccc2)cc1. The molecule has 0 aromatic heterocycles. The van der Waals surface area contributed by atoms with Crippen LogP contribution in [-0.4, -0.2) is 12.6 Å². The summed E-state index contributed by atoms with van der Waals surface area (Å²) in [4.78, 5) is 13.8. The number of rotatable bonds is 5. The first kappa shape index (κ1) is 15.6. The van der Waals surface area contributed by atoms with E-state index in [1.165, 1.54) is 4.90 Å². The van der Waals surface area contributed by atoms with Crippen molar-refractivity contribution in [2.24, 2.45) is 0 Å². The summed E-state index contributed by atoms with van der Waals surface area (Å²) in [5.74, 6) is 0. The molecule has 4 nitrogen and oxygen atoms in total. The van der Waals surface area contributed by atoms with Crippen molar-refractivity contribution in [3.05, 3.63) is 65.7 Å². The highest BCUT2D eigenvalue weighted by molar-refractivity contribution is 5.87. The van der Waals surface area contributed by atoms with Crippen LogP contribution in [0.1, 0.15) is 17.5 Å². The molecule has 0 aliphatic heterocycles. The Morgan fingerprint density at radius 3 is 2.45 bits per heavy atom. The van der Waals surface area contributed by atoms with Crippen LogP contribution in [0.5, 0.6) is 0 Å². The molecule has 1 amide bonds. The number of amides is 1. The molecule has 4 heteroatoms. The van der Waals surface area contributed by atoms with Gasteiger partial charge in [-0.1, -0.05) is 48.0 Å². The van der Waals surface area contributed by atoms with Gasteiger partial charge in [0.15, 0.2) is 0 Å². The van der Waals surface area contributed by atoms with Crippen LogP contribution in [0.4, 0.5) is 10.5 Å². The van der Waals surface area contributed by atoms with Crippen LogP contribution in [0.25, 0.3) is 0 Å². The molecular formula is C18H18N2O2. The molecule has 0 saturated heterocycles. The zero-order chi connectivity index (χ0) is 15.8. The molecule has 0 aliphatic carbocycles. The van der Waals surface area contributed by atoms with Gasteiger partial charge in [0.25, 0.3) is 0 Å². The predicted octanol–water partition coefficient (Wildman–Crippen LogP) is 4.05. The molecule has 0 unspecified atom stereocenters. The lowest BCUT2D eigenvalue weighted by atomic mass is 10.2. The van der Waals surface area contributed by atoms with Gasteiger partial charge in [0.1, 0.15) is 6.61 Å². The van der Waals surface area contributed by atoms with Crippen LogP contribution in [-0.2, 0) is 11.3 Å². The largest absolute Gasteiger partial charge is 0.444 e. The van der Waals surface area contributed by atoms with Crippen LogP contribution in [0.3, 0.4) is 0 Å². The number of aryl methyl sites for hydroxylation is 1. The van der Waals surface area contributed by atoms with Gasteiger partial charge >= 0.3 is 6.09 Å². The third-order valence-corrected chi connectivity index (χ3v) is 3.22. The first-order chi connectivity index (χ1) is 10.7. The van der Waals surface area contributed by atoms with Crippen LogP contribution in [0.2, 0.25) is 0 Å². The maximum absolute atomic E-state index is 12.3. The van der Waals surface area contributed by atoms with Crippen LogP contribution in [0.15, 0.2) is 54.6 Å². The minimum Gasteiger partial charge on any atom is -0.444 e. The summed E-state index contributed by atoms with van der Waals surface area (Å²) < 4.78 is 5.35. The summed E-state index contributed by atoms with van der Waals surface area (Å²) in [7, 11) is 0. The Balaban J connectivity index is 2.06. The van der Waals surface area contributed by atoms with E-state index in [0.29, 0.717) is 6.54 Å². The molecule has 0 saturated carbocycles. The summed E-state index contributed by atoms with van der Waals surface area (Å²) in [6.45, 7) is 2.51. The van der Waals surface area contributed by atoms with Gasteiger partial charge < -0.3 is 4.74 Å².